The van der Waals surface area contributed by atoms with E-state index in [4.69, 9.17) is 0 Å². The molecule has 0 spiro atoms. The number of rotatable bonds is 10. The first-order valence-electron chi connectivity index (χ1n) is 7.55. The maximum atomic E-state index is 9.36. The highest BCUT2D eigenvalue weighted by Crippen LogP contribution is 2.12. The number of methoxy groups -OCH3 is 1. The van der Waals surface area contributed by atoms with Crippen LogP contribution in [0.2, 0.25) is 0 Å². The molecule has 0 fully saturated rings. The summed E-state index contributed by atoms with van der Waals surface area (Å²) in [6.07, 6.45) is 5.33. The summed E-state index contributed by atoms with van der Waals surface area (Å²) < 4.78 is 5.52. The molecule has 0 rings (SSSR count). The zero-order chi connectivity index (χ0) is 15.1. The molecule has 4 nitrogen and oxygen atoms in total. The molecule has 0 saturated carbocycles. The van der Waals surface area contributed by atoms with E-state index in [0.717, 1.165) is 0 Å². The Labute approximate surface area is 119 Å². The molecule has 0 aromatic heterocycles. The lowest BCUT2D eigenvalue weighted by Gasteiger charge is -2.38. The minimum absolute atomic E-state index is 0.319. The first-order chi connectivity index (χ1) is 9.01. The molecule has 0 aliphatic heterocycles. The van der Waals surface area contributed by atoms with Crippen LogP contribution in [0.5, 0.6) is 0 Å². The number of hydrogen-bond acceptors (Lipinski definition) is 3. The van der Waals surface area contributed by atoms with E-state index in [1.54, 1.807) is 0 Å². The number of carboxylic acids is 1. The first kappa shape index (κ1) is 20.7. The summed E-state index contributed by atoms with van der Waals surface area (Å²) in [4.78, 5) is 9.36. The molecule has 0 atom stereocenters. The highest BCUT2D eigenvalue weighted by Gasteiger charge is 2.22. The average Bonchev–Trinajstić information content (AvgIpc) is 2.31. The fourth-order valence-corrected chi connectivity index (χ4v) is 2.69. The third-order valence-electron chi connectivity index (χ3n) is 3.05. The number of nitrogens with zero attached hydrogens (tertiary/aromatic N) is 1. The summed E-state index contributed by atoms with van der Waals surface area (Å²) >= 11 is 0. The molecule has 0 aliphatic carbocycles. The summed E-state index contributed by atoms with van der Waals surface area (Å²) in [6.45, 7) is 14.5. The van der Waals surface area contributed by atoms with Crippen LogP contribution in [0.15, 0.2) is 0 Å². The molecule has 116 valence electrons. The van der Waals surface area contributed by atoms with Crippen molar-refractivity contribution in [3.8, 4) is 0 Å². The van der Waals surface area contributed by atoms with E-state index >= 15 is 0 Å². The second kappa shape index (κ2) is 13.8. The minimum Gasteiger partial charge on any atom is -0.548 e. The van der Waals surface area contributed by atoms with Gasteiger partial charge in [0, 0.05) is 7.11 Å². The summed E-state index contributed by atoms with van der Waals surface area (Å²) in [5.74, 6) is -1.18. The summed E-state index contributed by atoms with van der Waals surface area (Å²) in [5, 5.41) is 9.36. The number of ether oxygens (including phenoxy) is 1. The predicted molar refractivity (Wildman–Crippen MR) is 77.8 cm³/mol. The lowest BCUT2D eigenvalue weighted by atomic mass is 10.2. The fraction of sp³-hybridized carbons (Fsp3) is 0.933. The molecule has 0 N–H and O–H groups in total. The Morgan fingerprint density at radius 1 is 0.895 bits per heavy atom. The fourth-order valence-electron chi connectivity index (χ4n) is 2.69. The van der Waals surface area contributed by atoms with Crippen molar-refractivity contribution < 1.29 is 19.1 Å². The van der Waals surface area contributed by atoms with Gasteiger partial charge < -0.3 is 19.1 Å². The van der Waals surface area contributed by atoms with Crippen LogP contribution >= 0.6 is 0 Å². The van der Waals surface area contributed by atoms with Gasteiger partial charge in [0.25, 0.3) is 0 Å². The summed E-state index contributed by atoms with van der Waals surface area (Å²) in [5.41, 5.74) is 0. The van der Waals surface area contributed by atoms with Gasteiger partial charge in [-0.3, -0.25) is 0 Å². The van der Waals surface area contributed by atoms with Gasteiger partial charge in [-0.2, -0.15) is 0 Å². The zero-order valence-corrected chi connectivity index (χ0v) is 13.5. The van der Waals surface area contributed by atoms with Crippen LogP contribution < -0.4 is 5.11 Å². The Hall–Kier alpha value is -0.610. The maximum Gasteiger partial charge on any atom is 0.0857 e. The number of carboxylic acid groups (broad SMARTS) is 1. The number of carbonyl (C=O) groups is 1. The van der Waals surface area contributed by atoms with Crippen molar-refractivity contribution >= 4 is 5.97 Å². The van der Waals surface area contributed by atoms with E-state index in [1.165, 1.54) is 63.5 Å². The largest absolute Gasteiger partial charge is 0.548 e. The number of carbonyl (C=O) groups excluding carboxylic acids is 1. The molecule has 4 heteroatoms. The van der Waals surface area contributed by atoms with Crippen molar-refractivity contribution in [2.24, 2.45) is 0 Å². The van der Waals surface area contributed by atoms with E-state index < -0.39 is 5.97 Å². The molecule has 0 aliphatic rings. The Bertz CT molecular complexity index is 178. The Morgan fingerprint density at radius 3 is 1.32 bits per heavy atom. The first-order valence-corrected chi connectivity index (χ1v) is 7.55. The monoisotopic (exact) mass is 275 g/mol. The molecule has 0 amide bonds. The highest BCUT2D eigenvalue weighted by atomic mass is 16.5. The van der Waals surface area contributed by atoms with E-state index in [9.17, 15) is 9.90 Å². The minimum atomic E-state index is -1.18. The molecule has 0 radical (unpaired) electrons. The second-order valence-corrected chi connectivity index (χ2v) is 5.04. The molecule has 0 heterocycles. The molecule has 0 aromatic carbocycles. The normalized spacial score (nSPS) is 10.8. The van der Waals surface area contributed by atoms with Crippen molar-refractivity contribution in [1.82, 2.24) is 0 Å². The Morgan fingerprint density at radius 2 is 1.21 bits per heavy atom. The lowest BCUT2D eigenvalue weighted by Crippen LogP contribution is -2.50. The topological polar surface area (TPSA) is 49.4 Å². The Kier molecular flexibility index (Phi) is 15.1. The quantitative estimate of drug-likeness (QED) is 0.572. The molecular weight excluding hydrogens is 242 g/mol. The van der Waals surface area contributed by atoms with Crippen LogP contribution in [-0.2, 0) is 9.53 Å². The van der Waals surface area contributed by atoms with Gasteiger partial charge in [-0.1, -0.05) is 27.7 Å². The van der Waals surface area contributed by atoms with Crippen molar-refractivity contribution in [1.29, 1.82) is 0 Å². The van der Waals surface area contributed by atoms with Crippen LogP contribution in [0.4, 0.5) is 0 Å². The number of quaternary nitrogens is 1. The Balaban J connectivity index is 0. The second-order valence-electron chi connectivity index (χ2n) is 5.04. The smallest absolute Gasteiger partial charge is 0.0857 e. The predicted octanol–water partition coefficient (Wildman–Crippen LogP) is 1.83. The number of hydrogen-bond donors (Lipinski definition) is 0. The number of aliphatic carboxylic acids is 1. The van der Waals surface area contributed by atoms with Gasteiger partial charge in [-0.05, 0) is 25.7 Å². The van der Waals surface area contributed by atoms with Gasteiger partial charge >= 0.3 is 0 Å². The molecule has 19 heavy (non-hydrogen) atoms. The zero-order valence-electron chi connectivity index (χ0n) is 13.5. The van der Waals surface area contributed by atoms with Crippen LogP contribution in [0.3, 0.4) is 0 Å². The third-order valence-corrected chi connectivity index (χ3v) is 3.05. The van der Waals surface area contributed by atoms with E-state index in [0.29, 0.717) is 0 Å². The van der Waals surface area contributed by atoms with Crippen LogP contribution in [0, 0.1) is 0 Å². The van der Waals surface area contributed by atoms with Crippen LogP contribution in [0.1, 0.15) is 53.4 Å². The van der Waals surface area contributed by atoms with E-state index in [1.807, 2.05) is 0 Å². The van der Waals surface area contributed by atoms with Crippen molar-refractivity contribution in [2.75, 3.05) is 39.9 Å². The summed E-state index contributed by atoms with van der Waals surface area (Å²) in [6, 6.07) is 0. The van der Waals surface area contributed by atoms with Crippen LogP contribution in [0.25, 0.3) is 0 Å². The average molecular weight is 275 g/mol. The summed E-state index contributed by atoms with van der Waals surface area (Å²) in [7, 11) is 1.30. The molecule has 0 saturated heterocycles. The van der Waals surface area contributed by atoms with Gasteiger partial charge in [-0.15, -0.1) is 0 Å². The molecule has 0 bridgehead atoms. The van der Waals surface area contributed by atoms with Gasteiger partial charge in [-0.25, -0.2) is 0 Å². The van der Waals surface area contributed by atoms with E-state index in [2.05, 4.69) is 32.4 Å². The van der Waals surface area contributed by atoms with E-state index in [-0.39, 0.29) is 6.61 Å². The molecule has 0 unspecified atom stereocenters. The standard InChI is InChI=1S/C12H28N.C3H6O3/c1-5-9-13(10-6-2,11-7-3)12-8-4;1-6-2-3(4)5/h5-12H2,1-4H3;2H2,1H3,(H,4,5)/q+1;/p-1. The van der Waals surface area contributed by atoms with Gasteiger partial charge in [0.1, 0.15) is 0 Å². The van der Waals surface area contributed by atoms with Crippen molar-refractivity contribution in [2.45, 2.75) is 53.4 Å². The van der Waals surface area contributed by atoms with Crippen molar-refractivity contribution in [3.63, 3.8) is 0 Å². The van der Waals surface area contributed by atoms with Gasteiger partial charge in [0.2, 0.25) is 0 Å². The van der Waals surface area contributed by atoms with Crippen LogP contribution in [-0.4, -0.2) is 50.3 Å². The lowest BCUT2D eigenvalue weighted by molar-refractivity contribution is -0.928. The van der Waals surface area contributed by atoms with Gasteiger partial charge in [0.05, 0.1) is 38.8 Å². The third kappa shape index (κ3) is 12.2. The SMILES string of the molecule is CCC[N+](CCC)(CCC)CCC.COCC(=O)[O-]. The molecular formula is C15H33NO3. The maximum absolute atomic E-state index is 9.36. The van der Waals surface area contributed by atoms with Crippen molar-refractivity contribution in [3.05, 3.63) is 0 Å². The highest BCUT2D eigenvalue weighted by molar-refractivity contribution is 5.65. The van der Waals surface area contributed by atoms with Gasteiger partial charge in [0.15, 0.2) is 0 Å². The molecule has 0 aromatic rings.